The summed E-state index contributed by atoms with van der Waals surface area (Å²) in [6, 6.07) is 16.6. The van der Waals surface area contributed by atoms with Gasteiger partial charge in [0.25, 0.3) is 0 Å². The van der Waals surface area contributed by atoms with Crippen LogP contribution in [0.4, 0.5) is 0 Å². The molecular weight excluding hydrogens is 208 g/mol. The number of aliphatic hydroxyl groups is 1. The predicted molar refractivity (Wildman–Crippen MR) is 71.9 cm³/mol. The van der Waals surface area contributed by atoms with E-state index in [4.69, 9.17) is 0 Å². The molecule has 0 saturated carbocycles. The SMILES string of the molecule is CC[C@H](O)c1cccc(-c2ccc(C)cc2)c1. The first-order valence-electron chi connectivity index (χ1n) is 6.05. The number of hydrogen-bond acceptors (Lipinski definition) is 1. The van der Waals surface area contributed by atoms with Crippen LogP contribution in [0.25, 0.3) is 11.1 Å². The Kier molecular flexibility index (Phi) is 3.60. The lowest BCUT2D eigenvalue weighted by molar-refractivity contribution is 0.174. The number of hydrogen-bond donors (Lipinski definition) is 1. The summed E-state index contributed by atoms with van der Waals surface area (Å²) in [7, 11) is 0. The van der Waals surface area contributed by atoms with Gasteiger partial charge in [0, 0.05) is 0 Å². The normalized spacial score (nSPS) is 12.4. The first-order valence-corrected chi connectivity index (χ1v) is 6.05. The second kappa shape index (κ2) is 5.15. The molecule has 0 spiro atoms. The third-order valence-corrected chi connectivity index (χ3v) is 3.04. The van der Waals surface area contributed by atoms with Crippen molar-refractivity contribution in [3.63, 3.8) is 0 Å². The highest BCUT2D eigenvalue weighted by Crippen LogP contribution is 2.24. The van der Waals surface area contributed by atoms with E-state index in [0.29, 0.717) is 0 Å². The Balaban J connectivity index is 2.36. The van der Waals surface area contributed by atoms with Gasteiger partial charge in [-0.3, -0.25) is 0 Å². The van der Waals surface area contributed by atoms with Crippen LogP contribution in [0.2, 0.25) is 0 Å². The Morgan fingerprint density at radius 2 is 1.71 bits per heavy atom. The number of rotatable bonds is 3. The monoisotopic (exact) mass is 226 g/mol. The minimum absolute atomic E-state index is 0.361. The number of aryl methyl sites for hydroxylation is 1. The van der Waals surface area contributed by atoms with Crippen LogP contribution in [0.1, 0.15) is 30.6 Å². The van der Waals surface area contributed by atoms with Crippen molar-refractivity contribution in [2.45, 2.75) is 26.4 Å². The average Bonchev–Trinajstić information content (AvgIpc) is 2.39. The zero-order valence-corrected chi connectivity index (χ0v) is 10.4. The summed E-state index contributed by atoms with van der Waals surface area (Å²) in [6.45, 7) is 4.07. The van der Waals surface area contributed by atoms with Crippen molar-refractivity contribution >= 4 is 0 Å². The van der Waals surface area contributed by atoms with Crippen LogP contribution in [0.5, 0.6) is 0 Å². The van der Waals surface area contributed by atoms with Gasteiger partial charge >= 0.3 is 0 Å². The Morgan fingerprint density at radius 1 is 1.00 bits per heavy atom. The van der Waals surface area contributed by atoms with Gasteiger partial charge < -0.3 is 5.11 Å². The second-order valence-corrected chi connectivity index (χ2v) is 4.42. The van der Waals surface area contributed by atoms with Crippen LogP contribution in [0.3, 0.4) is 0 Å². The van der Waals surface area contributed by atoms with Gasteiger partial charge in [-0.15, -0.1) is 0 Å². The van der Waals surface area contributed by atoms with E-state index < -0.39 is 0 Å². The van der Waals surface area contributed by atoms with Gasteiger partial charge in [-0.1, -0.05) is 55.0 Å². The van der Waals surface area contributed by atoms with Crippen LogP contribution in [-0.4, -0.2) is 5.11 Å². The van der Waals surface area contributed by atoms with Gasteiger partial charge in [-0.05, 0) is 36.1 Å². The molecule has 0 aliphatic heterocycles. The van der Waals surface area contributed by atoms with Gasteiger partial charge in [-0.2, -0.15) is 0 Å². The fourth-order valence-electron chi connectivity index (χ4n) is 1.91. The van der Waals surface area contributed by atoms with E-state index in [1.54, 1.807) is 0 Å². The molecule has 2 aromatic carbocycles. The van der Waals surface area contributed by atoms with E-state index in [2.05, 4.69) is 43.3 Å². The molecule has 0 unspecified atom stereocenters. The van der Waals surface area contributed by atoms with Crippen molar-refractivity contribution in [2.24, 2.45) is 0 Å². The van der Waals surface area contributed by atoms with E-state index >= 15 is 0 Å². The van der Waals surface area contributed by atoms with E-state index in [1.807, 2.05) is 19.1 Å². The number of aliphatic hydroxyl groups excluding tert-OH is 1. The summed E-state index contributed by atoms with van der Waals surface area (Å²) in [5.41, 5.74) is 4.61. The van der Waals surface area contributed by atoms with Crippen LogP contribution >= 0.6 is 0 Å². The maximum Gasteiger partial charge on any atom is 0.0787 e. The molecule has 0 amide bonds. The molecular formula is C16H18O. The fourth-order valence-corrected chi connectivity index (χ4v) is 1.91. The summed E-state index contributed by atoms with van der Waals surface area (Å²) in [5, 5.41) is 9.84. The summed E-state index contributed by atoms with van der Waals surface area (Å²) in [5.74, 6) is 0. The summed E-state index contributed by atoms with van der Waals surface area (Å²) >= 11 is 0. The molecule has 88 valence electrons. The molecule has 0 aromatic heterocycles. The van der Waals surface area contributed by atoms with Gasteiger partial charge in [0.05, 0.1) is 6.10 Å². The van der Waals surface area contributed by atoms with Gasteiger partial charge in [0.1, 0.15) is 0 Å². The Labute approximate surface area is 103 Å². The minimum Gasteiger partial charge on any atom is -0.388 e. The van der Waals surface area contributed by atoms with Crippen molar-refractivity contribution in [2.75, 3.05) is 0 Å². The average molecular weight is 226 g/mol. The van der Waals surface area contributed by atoms with Crippen molar-refractivity contribution in [1.82, 2.24) is 0 Å². The Bertz CT molecular complexity index is 485. The van der Waals surface area contributed by atoms with Gasteiger partial charge in [-0.25, -0.2) is 0 Å². The summed E-state index contributed by atoms with van der Waals surface area (Å²) in [4.78, 5) is 0. The fraction of sp³-hybridized carbons (Fsp3) is 0.250. The molecule has 1 nitrogen and oxygen atoms in total. The van der Waals surface area contributed by atoms with Crippen molar-refractivity contribution < 1.29 is 5.11 Å². The molecule has 17 heavy (non-hydrogen) atoms. The molecule has 2 aromatic rings. The topological polar surface area (TPSA) is 20.2 Å². The molecule has 0 saturated heterocycles. The molecule has 2 rings (SSSR count). The zero-order chi connectivity index (χ0) is 12.3. The van der Waals surface area contributed by atoms with E-state index in [9.17, 15) is 5.11 Å². The highest BCUT2D eigenvalue weighted by atomic mass is 16.3. The third kappa shape index (κ3) is 2.75. The van der Waals surface area contributed by atoms with Gasteiger partial charge in [0.15, 0.2) is 0 Å². The van der Waals surface area contributed by atoms with Crippen LogP contribution < -0.4 is 0 Å². The zero-order valence-electron chi connectivity index (χ0n) is 10.4. The highest BCUT2D eigenvalue weighted by Gasteiger charge is 2.05. The maximum atomic E-state index is 9.84. The molecule has 0 aliphatic carbocycles. The van der Waals surface area contributed by atoms with Crippen molar-refractivity contribution in [1.29, 1.82) is 0 Å². The van der Waals surface area contributed by atoms with Crippen LogP contribution in [-0.2, 0) is 0 Å². The summed E-state index contributed by atoms with van der Waals surface area (Å²) in [6.07, 6.45) is 0.387. The molecule has 1 N–H and O–H groups in total. The maximum absolute atomic E-state index is 9.84. The molecule has 0 radical (unpaired) electrons. The molecule has 1 heteroatoms. The van der Waals surface area contributed by atoms with Crippen molar-refractivity contribution in [3.05, 3.63) is 59.7 Å². The Hall–Kier alpha value is -1.60. The predicted octanol–water partition coefficient (Wildman–Crippen LogP) is 4.11. The quantitative estimate of drug-likeness (QED) is 0.835. The van der Waals surface area contributed by atoms with Crippen LogP contribution in [0, 0.1) is 6.92 Å². The smallest absolute Gasteiger partial charge is 0.0787 e. The highest BCUT2D eigenvalue weighted by molar-refractivity contribution is 5.64. The van der Waals surface area contributed by atoms with Crippen molar-refractivity contribution in [3.8, 4) is 11.1 Å². The lowest BCUT2D eigenvalue weighted by Gasteiger charge is -2.10. The lowest BCUT2D eigenvalue weighted by Crippen LogP contribution is -1.94. The first kappa shape index (κ1) is 11.9. The van der Waals surface area contributed by atoms with E-state index in [1.165, 1.54) is 11.1 Å². The third-order valence-electron chi connectivity index (χ3n) is 3.04. The summed E-state index contributed by atoms with van der Waals surface area (Å²) < 4.78 is 0. The molecule has 0 bridgehead atoms. The Morgan fingerprint density at radius 3 is 2.35 bits per heavy atom. The standard InChI is InChI=1S/C16H18O/c1-3-16(17)15-6-4-5-14(11-15)13-9-7-12(2)8-10-13/h4-11,16-17H,3H2,1-2H3/t16-/m0/s1. The first-order chi connectivity index (χ1) is 8.20. The molecule has 0 fully saturated rings. The minimum atomic E-state index is -0.361. The van der Waals surface area contributed by atoms with E-state index in [0.717, 1.165) is 17.5 Å². The molecule has 0 aliphatic rings. The lowest BCUT2D eigenvalue weighted by atomic mass is 9.99. The largest absolute Gasteiger partial charge is 0.388 e. The number of benzene rings is 2. The van der Waals surface area contributed by atoms with Crippen LogP contribution in [0.15, 0.2) is 48.5 Å². The van der Waals surface area contributed by atoms with Gasteiger partial charge in [0.2, 0.25) is 0 Å². The molecule has 0 heterocycles. The van der Waals surface area contributed by atoms with E-state index in [-0.39, 0.29) is 6.10 Å². The molecule has 1 atom stereocenters. The second-order valence-electron chi connectivity index (χ2n) is 4.42.